The van der Waals surface area contributed by atoms with Gasteiger partial charge in [-0.3, -0.25) is 4.79 Å². The molecule has 2 N–H and O–H groups in total. The molecule has 0 spiro atoms. The van der Waals surface area contributed by atoms with Gasteiger partial charge in [-0.05, 0) is 32.0 Å². The van der Waals surface area contributed by atoms with Crippen molar-refractivity contribution in [2.45, 2.75) is 19.9 Å². The summed E-state index contributed by atoms with van der Waals surface area (Å²) < 4.78 is 12.6. The summed E-state index contributed by atoms with van der Waals surface area (Å²) in [7, 11) is 0. The van der Waals surface area contributed by atoms with Crippen LogP contribution in [0.15, 0.2) is 51.8 Å². The van der Waals surface area contributed by atoms with Gasteiger partial charge in [0, 0.05) is 17.8 Å². The van der Waals surface area contributed by atoms with Crippen molar-refractivity contribution in [2.24, 2.45) is 5.73 Å². The Bertz CT molecular complexity index is 956. The molecule has 124 valence electrons. The van der Waals surface area contributed by atoms with Gasteiger partial charge in [0.15, 0.2) is 5.58 Å². The van der Waals surface area contributed by atoms with Crippen LogP contribution < -0.4 is 16.0 Å². The van der Waals surface area contributed by atoms with E-state index in [0.29, 0.717) is 34.1 Å². The van der Waals surface area contributed by atoms with Gasteiger partial charge in [-0.25, -0.2) is 9.67 Å². The maximum absolute atomic E-state index is 11.8. The van der Waals surface area contributed by atoms with Gasteiger partial charge < -0.3 is 14.9 Å². The average molecular weight is 326 g/mol. The SMILES string of the molecule is C=C(N)COc1ccc2oc(-c3ccc(=O)n(C(C)C)n3)nc2c1. The van der Waals surface area contributed by atoms with Gasteiger partial charge in [-0.2, -0.15) is 5.10 Å². The summed E-state index contributed by atoms with van der Waals surface area (Å²) in [5.74, 6) is 0.967. The van der Waals surface area contributed by atoms with Crippen molar-refractivity contribution in [1.82, 2.24) is 14.8 Å². The van der Waals surface area contributed by atoms with Crippen LogP contribution in [0, 0.1) is 0 Å². The molecule has 0 atom stereocenters. The highest BCUT2D eigenvalue weighted by Gasteiger charge is 2.13. The van der Waals surface area contributed by atoms with Crippen molar-refractivity contribution in [3.05, 3.63) is 53.0 Å². The lowest BCUT2D eigenvalue weighted by Crippen LogP contribution is -2.23. The Kier molecular flexibility index (Phi) is 4.07. The summed E-state index contributed by atoms with van der Waals surface area (Å²) in [5, 5.41) is 4.31. The van der Waals surface area contributed by atoms with E-state index in [1.54, 1.807) is 24.3 Å². The third-order valence-corrected chi connectivity index (χ3v) is 3.32. The maximum Gasteiger partial charge on any atom is 0.267 e. The molecule has 0 unspecified atom stereocenters. The van der Waals surface area contributed by atoms with E-state index >= 15 is 0 Å². The molecule has 1 aromatic carbocycles. The van der Waals surface area contributed by atoms with Crippen LogP contribution in [0.3, 0.4) is 0 Å². The van der Waals surface area contributed by atoms with Crippen LogP contribution in [-0.2, 0) is 0 Å². The van der Waals surface area contributed by atoms with E-state index in [1.807, 2.05) is 13.8 Å². The molecule has 0 radical (unpaired) electrons. The minimum absolute atomic E-state index is 0.0498. The van der Waals surface area contributed by atoms with Crippen LogP contribution in [0.5, 0.6) is 5.75 Å². The second kappa shape index (κ2) is 6.19. The third-order valence-electron chi connectivity index (χ3n) is 3.32. The summed E-state index contributed by atoms with van der Waals surface area (Å²) in [5.41, 5.74) is 7.51. The van der Waals surface area contributed by atoms with E-state index in [2.05, 4.69) is 16.7 Å². The van der Waals surface area contributed by atoms with Gasteiger partial charge >= 0.3 is 0 Å². The number of nitrogens with zero attached hydrogens (tertiary/aromatic N) is 3. The van der Waals surface area contributed by atoms with Crippen molar-refractivity contribution in [1.29, 1.82) is 0 Å². The largest absolute Gasteiger partial charge is 0.487 e. The zero-order valence-corrected chi connectivity index (χ0v) is 13.5. The fourth-order valence-corrected chi connectivity index (χ4v) is 2.19. The fourth-order valence-electron chi connectivity index (χ4n) is 2.19. The minimum atomic E-state index is -0.164. The zero-order valence-electron chi connectivity index (χ0n) is 13.5. The molecule has 2 heterocycles. The van der Waals surface area contributed by atoms with Crippen molar-refractivity contribution in [3.63, 3.8) is 0 Å². The van der Waals surface area contributed by atoms with Crippen LogP contribution in [-0.4, -0.2) is 21.4 Å². The van der Waals surface area contributed by atoms with E-state index in [-0.39, 0.29) is 18.2 Å². The number of benzene rings is 1. The van der Waals surface area contributed by atoms with Crippen LogP contribution in [0.25, 0.3) is 22.7 Å². The lowest BCUT2D eigenvalue weighted by atomic mass is 10.3. The fraction of sp³-hybridized carbons (Fsp3) is 0.235. The number of hydrogen-bond acceptors (Lipinski definition) is 6. The first-order valence-corrected chi connectivity index (χ1v) is 7.51. The first-order chi connectivity index (χ1) is 11.4. The molecule has 3 rings (SSSR count). The Hall–Kier alpha value is -3.09. The molecular formula is C17H18N4O3. The number of hydrogen-bond donors (Lipinski definition) is 1. The van der Waals surface area contributed by atoms with Gasteiger partial charge in [0.25, 0.3) is 5.56 Å². The summed E-state index contributed by atoms with van der Waals surface area (Å²) in [4.78, 5) is 16.2. The second-order valence-electron chi connectivity index (χ2n) is 5.69. The topological polar surface area (TPSA) is 96.2 Å². The first kappa shape index (κ1) is 15.8. The monoisotopic (exact) mass is 326 g/mol. The minimum Gasteiger partial charge on any atom is -0.487 e. The molecule has 0 amide bonds. The van der Waals surface area contributed by atoms with Gasteiger partial charge in [0.2, 0.25) is 5.89 Å². The van der Waals surface area contributed by atoms with Crippen molar-refractivity contribution in [3.8, 4) is 17.3 Å². The molecule has 2 aromatic heterocycles. The molecule has 24 heavy (non-hydrogen) atoms. The number of aromatic nitrogens is 3. The number of oxazole rings is 1. The van der Waals surface area contributed by atoms with E-state index in [9.17, 15) is 4.79 Å². The highest BCUT2D eigenvalue weighted by molar-refractivity contribution is 5.77. The zero-order chi connectivity index (χ0) is 17.3. The van der Waals surface area contributed by atoms with E-state index in [4.69, 9.17) is 14.9 Å². The quantitative estimate of drug-likeness (QED) is 0.774. The molecule has 0 aliphatic carbocycles. The lowest BCUT2D eigenvalue weighted by molar-refractivity contribution is 0.351. The summed E-state index contributed by atoms with van der Waals surface area (Å²) in [6.45, 7) is 7.60. The molecular weight excluding hydrogens is 308 g/mol. The molecule has 0 saturated heterocycles. The number of ether oxygens (including phenoxy) is 1. The molecule has 0 fully saturated rings. The molecule has 7 nitrogen and oxygen atoms in total. The predicted molar refractivity (Wildman–Crippen MR) is 90.7 cm³/mol. The van der Waals surface area contributed by atoms with E-state index < -0.39 is 0 Å². The molecule has 0 aliphatic rings. The average Bonchev–Trinajstić information content (AvgIpc) is 2.96. The number of nitrogens with two attached hydrogens (primary N) is 1. The van der Waals surface area contributed by atoms with Crippen molar-refractivity contribution >= 4 is 11.1 Å². The maximum atomic E-state index is 11.8. The molecule has 0 saturated carbocycles. The third kappa shape index (κ3) is 3.15. The van der Waals surface area contributed by atoms with Gasteiger partial charge in [-0.1, -0.05) is 6.58 Å². The van der Waals surface area contributed by atoms with E-state index in [1.165, 1.54) is 10.7 Å². The number of rotatable bonds is 5. The van der Waals surface area contributed by atoms with Crippen molar-refractivity contribution in [2.75, 3.05) is 6.61 Å². The molecule has 0 bridgehead atoms. The van der Waals surface area contributed by atoms with Gasteiger partial charge in [-0.15, -0.1) is 0 Å². The van der Waals surface area contributed by atoms with Crippen LogP contribution in [0.2, 0.25) is 0 Å². The first-order valence-electron chi connectivity index (χ1n) is 7.51. The normalized spacial score (nSPS) is 11.1. The Morgan fingerprint density at radius 1 is 1.38 bits per heavy atom. The van der Waals surface area contributed by atoms with Crippen LogP contribution in [0.4, 0.5) is 0 Å². The van der Waals surface area contributed by atoms with Crippen LogP contribution >= 0.6 is 0 Å². The van der Waals surface area contributed by atoms with Gasteiger partial charge in [0.1, 0.15) is 23.6 Å². The summed E-state index contributed by atoms with van der Waals surface area (Å²) in [6, 6.07) is 8.29. The summed E-state index contributed by atoms with van der Waals surface area (Å²) in [6.07, 6.45) is 0. The van der Waals surface area contributed by atoms with Gasteiger partial charge in [0.05, 0.1) is 6.04 Å². The second-order valence-corrected chi connectivity index (χ2v) is 5.69. The Morgan fingerprint density at radius 2 is 2.17 bits per heavy atom. The molecule has 3 aromatic rings. The number of fused-ring (bicyclic) bond motifs is 1. The molecule has 7 heteroatoms. The molecule has 0 aliphatic heterocycles. The Balaban J connectivity index is 1.97. The van der Waals surface area contributed by atoms with Crippen LogP contribution in [0.1, 0.15) is 19.9 Å². The van der Waals surface area contributed by atoms with E-state index in [0.717, 1.165) is 0 Å². The Labute approximate surface area is 138 Å². The smallest absolute Gasteiger partial charge is 0.267 e. The lowest BCUT2D eigenvalue weighted by Gasteiger charge is -2.07. The van der Waals surface area contributed by atoms with Crippen molar-refractivity contribution < 1.29 is 9.15 Å². The predicted octanol–water partition coefficient (Wildman–Crippen LogP) is 2.48. The standard InChI is InChI=1S/C17H18N4O3/c1-10(2)21-16(22)7-5-13(20-21)17-19-14-8-12(23-9-11(3)18)4-6-15(14)24-17/h4-8,10H,3,9,18H2,1-2H3. The Morgan fingerprint density at radius 3 is 2.88 bits per heavy atom. The summed E-state index contributed by atoms with van der Waals surface area (Å²) >= 11 is 0. The highest BCUT2D eigenvalue weighted by Crippen LogP contribution is 2.25. The highest BCUT2D eigenvalue weighted by atomic mass is 16.5.